The maximum atomic E-state index is 12.4. The third-order valence-corrected chi connectivity index (χ3v) is 5.06. The number of rotatable bonds is 7. The van der Waals surface area contributed by atoms with E-state index in [9.17, 15) is 19.2 Å². The van der Waals surface area contributed by atoms with Crippen molar-refractivity contribution in [2.75, 3.05) is 6.54 Å². The second kappa shape index (κ2) is 8.20. The Labute approximate surface area is 156 Å². The topological polar surface area (TPSA) is 118 Å². The molecule has 1 fully saturated rings. The number of aromatic nitrogens is 2. The number of amides is 2. The van der Waals surface area contributed by atoms with Gasteiger partial charge in [0.25, 0.3) is 5.56 Å². The van der Waals surface area contributed by atoms with Gasteiger partial charge in [-0.2, -0.15) is 0 Å². The molecule has 3 N–H and O–H groups in total. The number of likely N-dealkylation sites (tertiary alicyclic amines) is 1. The summed E-state index contributed by atoms with van der Waals surface area (Å²) in [7, 11) is 0. The van der Waals surface area contributed by atoms with E-state index in [0.29, 0.717) is 56.1 Å². The lowest BCUT2D eigenvalue weighted by molar-refractivity contribution is -0.137. The van der Waals surface area contributed by atoms with Crippen LogP contribution in [0.1, 0.15) is 38.5 Å². The minimum atomic E-state index is -0.479. The molecule has 144 valence electrons. The van der Waals surface area contributed by atoms with Crippen LogP contribution in [0.15, 0.2) is 33.9 Å². The molecule has 0 bridgehead atoms. The summed E-state index contributed by atoms with van der Waals surface area (Å²) < 4.78 is 1.20. The number of hydrogen-bond donors (Lipinski definition) is 2. The van der Waals surface area contributed by atoms with E-state index in [0.717, 1.165) is 6.42 Å². The standard InChI is InChI=1S/C19H24N4O4/c20-17(25)15-9-6-12-22(15)16(24)10-2-1-5-11-23-18(26)13-7-3-4-8-14(13)21-19(23)27/h3-4,7-8,15H,1-2,5-6,9-12H2,(H2,20,25)(H,21,27)/t15-/m1/s1. The molecule has 2 heterocycles. The van der Waals surface area contributed by atoms with Crippen molar-refractivity contribution in [3.05, 3.63) is 45.1 Å². The minimum Gasteiger partial charge on any atom is -0.368 e. The summed E-state index contributed by atoms with van der Waals surface area (Å²) in [5.74, 6) is -0.507. The number of nitrogens with two attached hydrogens (primary N) is 1. The maximum absolute atomic E-state index is 12.4. The van der Waals surface area contributed by atoms with Crippen molar-refractivity contribution in [2.24, 2.45) is 5.73 Å². The zero-order valence-corrected chi connectivity index (χ0v) is 15.1. The third-order valence-electron chi connectivity index (χ3n) is 5.06. The fourth-order valence-electron chi connectivity index (χ4n) is 3.63. The van der Waals surface area contributed by atoms with Crippen LogP contribution in [0.25, 0.3) is 10.9 Å². The van der Waals surface area contributed by atoms with Gasteiger partial charge in [-0.15, -0.1) is 0 Å². The Bertz CT molecular complexity index is 962. The van der Waals surface area contributed by atoms with Gasteiger partial charge in [0.1, 0.15) is 6.04 Å². The molecule has 0 spiro atoms. The van der Waals surface area contributed by atoms with Crippen LogP contribution < -0.4 is 17.0 Å². The Morgan fingerprint density at radius 1 is 1.15 bits per heavy atom. The molecule has 0 saturated carbocycles. The highest BCUT2D eigenvalue weighted by Gasteiger charge is 2.31. The van der Waals surface area contributed by atoms with Gasteiger partial charge < -0.3 is 15.6 Å². The number of hydrogen-bond acceptors (Lipinski definition) is 4. The van der Waals surface area contributed by atoms with Crippen molar-refractivity contribution in [2.45, 2.75) is 51.1 Å². The van der Waals surface area contributed by atoms with Crippen LogP contribution >= 0.6 is 0 Å². The van der Waals surface area contributed by atoms with Crippen LogP contribution in [-0.2, 0) is 16.1 Å². The molecule has 3 rings (SSSR count). The smallest absolute Gasteiger partial charge is 0.328 e. The van der Waals surface area contributed by atoms with Crippen LogP contribution in [0.4, 0.5) is 0 Å². The SMILES string of the molecule is NC(=O)[C@H]1CCCN1C(=O)CCCCCn1c(=O)[nH]c2ccccc2c1=O. The van der Waals surface area contributed by atoms with E-state index in [1.807, 2.05) is 0 Å². The number of aromatic amines is 1. The summed E-state index contributed by atoms with van der Waals surface area (Å²) in [4.78, 5) is 52.4. The Hall–Kier alpha value is -2.90. The number of benzene rings is 1. The predicted octanol–water partition coefficient (Wildman–Crippen LogP) is 0.726. The lowest BCUT2D eigenvalue weighted by atomic mass is 10.1. The molecule has 8 nitrogen and oxygen atoms in total. The molecule has 0 aliphatic carbocycles. The molecule has 1 atom stereocenters. The molecule has 0 unspecified atom stereocenters. The molecular weight excluding hydrogens is 348 g/mol. The zero-order chi connectivity index (χ0) is 19.4. The molecule has 27 heavy (non-hydrogen) atoms. The first-order valence-corrected chi connectivity index (χ1v) is 9.29. The lowest BCUT2D eigenvalue weighted by Gasteiger charge is -2.22. The average Bonchev–Trinajstić information content (AvgIpc) is 3.14. The summed E-state index contributed by atoms with van der Waals surface area (Å²) >= 11 is 0. The Balaban J connectivity index is 1.52. The van der Waals surface area contributed by atoms with Crippen molar-refractivity contribution < 1.29 is 9.59 Å². The van der Waals surface area contributed by atoms with E-state index in [1.54, 1.807) is 29.2 Å². The van der Waals surface area contributed by atoms with Crippen LogP contribution in [0.2, 0.25) is 0 Å². The number of carbonyl (C=O) groups excluding carboxylic acids is 2. The van der Waals surface area contributed by atoms with Gasteiger partial charge in [0, 0.05) is 19.5 Å². The Kier molecular flexibility index (Phi) is 5.73. The normalized spacial score (nSPS) is 16.7. The molecule has 2 aromatic rings. The highest BCUT2D eigenvalue weighted by molar-refractivity contribution is 5.87. The summed E-state index contributed by atoms with van der Waals surface area (Å²) in [6.45, 7) is 0.884. The average molecular weight is 372 g/mol. The molecule has 1 saturated heterocycles. The van der Waals surface area contributed by atoms with Crippen molar-refractivity contribution in [1.29, 1.82) is 0 Å². The zero-order valence-electron chi connectivity index (χ0n) is 15.1. The molecule has 0 radical (unpaired) electrons. The largest absolute Gasteiger partial charge is 0.368 e. The number of fused-ring (bicyclic) bond motifs is 1. The Morgan fingerprint density at radius 3 is 2.70 bits per heavy atom. The van der Waals surface area contributed by atoms with E-state index in [2.05, 4.69) is 4.98 Å². The van der Waals surface area contributed by atoms with Gasteiger partial charge in [-0.05, 0) is 37.8 Å². The van der Waals surface area contributed by atoms with Gasteiger partial charge in [-0.1, -0.05) is 18.6 Å². The first kappa shape index (κ1) is 18.9. The molecular formula is C19H24N4O4. The minimum absolute atomic E-state index is 0.0583. The summed E-state index contributed by atoms with van der Waals surface area (Å²) in [5.41, 5.74) is 5.15. The van der Waals surface area contributed by atoms with Crippen molar-refractivity contribution in [3.63, 3.8) is 0 Å². The molecule has 8 heteroatoms. The maximum Gasteiger partial charge on any atom is 0.328 e. The van der Waals surface area contributed by atoms with Gasteiger partial charge >= 0.3 is 5.69 Å². The summed E-state index contributed by atoms with van der Waals surface area (Å²) in [5, 5.41) is 0.485. The first-order valence-electron chi connectivity index (χ1n) is 9.29. The van der Waals surface area contributed by atoms with Crippen molar-refractivity contribution in [1.82, 2.24) is 14.5 Å². The van der Waals surface area contributed by atoms with Crippen LogP contribution in [0, 0.1) is 0 Å². The Morgan fingerprint density at radius 2 is 1.93 bits per heavy atom. The third kappa shape index (κ3) is 4.10. The second-order valence-corrected chi connectivity index (χ2v) is 6.89. The molecule has 1 aromatic carbocycles. The number of nitrogens with zero attached hydrogens (tertiary/aromatic N) is 2. The van der Waals surface area contributed by atoms with Crippen molar-refractivity contribution in [3.8, 4) is 0 Å². The van der Waals surface area contributed by atoms with Gasteiger partial charge in [0.2, 0.25) is 11.8 Å². The number of H-pyrrole nitrogens is 1. The van der Waals surface area contributed by atoms with E-state index in [-0.39, 0.29) is 11.5 Å². The number of carbonyl (C=O) groups is 2. The highest BCUT2D eigenvalue weighted by Crippen LogP contribution is 2.18. The molecule has 1 aliphatic rings. The summed E-state index contributed by atoms with van der Waals surface area (Å²) in [6.07, 6.45) is 3.74. The van der Waals surface area contributed by atoms with E-state index < -0.39 is 17.6 Å². The van der Waals surface area contributed by atoms with Crippen LogP contribution in [-0.4, -0.2) is 38.9 Å². The number of primary amides is 1. The fraction of sp³-hybridized carbons (Fsp3) is 0.474. The van der Waals surface area contributed by atoms with E-state index in [4.69, 9.17) is 5.73 Å². The highest BCUT2D eigenvalue weighted by atomic mass is 16.2. The predicted molar refractivity (Wildman–Crippen MR) is 101 cm³/mol. The van der Waals surface area contributed by atoms with Gasteiger partial charge in [-0.3, -0.25) is 19.0 Å². The number of unbranched alkanes of at least 4 members (excludes halogenated alkanes) is 2. The van der Waals surface area contributed by atoms with Crippen molar-refractivity contribution >= 4 is 22.7 Å². The van der Waals surface area contributed by atoms with E-state index in [1.165, 1.54) is 4.57 Å². The summed E-state index contributed by atoms with van der Waals surface area (Å²) in [6, 6.07) is 6.43. The van der Waals surface area contributed by atoms with Crippen LogP contribution in [0.5, 0.6) is 0 Å². The molecule has 1 aliphatic heterocycles. The quantitative estimate of drug-likeness (QED) is 0.696. The van der Waals surface area contributed by atoms with Gasteiger partial charge in [0.15, 0.2) is 0 Å². The van der Waals surface area contributed by atoms with Crippen LogP contribution in [0.3, 0.4) is 0 Å². The molecule has 1 aromatic heterocycles. The van der Waals surface area contributed by atoms with Gasteiger partial charge in [0.05, 0.1) is 10.9 Å². The lowest BCUT2D eigenvalue weighted by Crippen LogP contribution is -2.43. The number of nitrogens with one attached hydrogen (secondary N) is 1. The molecule has 2 amide bonds. The number of para-hydroxylation sites is 1. The first-order chi connectivity index (χ1) is 13.0. The van der Waals surface area contributed by atoms with Gasteiger partial charge in [-0.25, -0.2) is 4.79 Å². The monoisotopic (exact) mass is 372 g/mol. The van der Waals surface area contributed by atoms with E-state index >= 15 is 0 Å². The fourth-order valence-corrected chi connectivity index (χ4v) is 3.63. The second-order valence-electron chi connectivity index (χ2n) is 6.89.